The van der Waals surface area contributed by atoms with Gasteiger partial charge in [0, 0.05) is 21.9 Å². The van der Waals surface area contributed by atoms with Crippen molar-refractivity contribution < 1.29 is 0 Å². The molecule has 0 bridgehead atoms. The number of aromatic nitrogens is 2. The fraction of sp³-hybridized carbons (Fsp3) is 0.167. The maximum atomic E-state index is 6.23. The van der Waals surface area contributed by atoms with Crippen molar-refractivity contribution in [2.45, 2.75) is 6.04 Å². The molecule has 2 rings (SSSR count). The molecular formula is C12H11BrClN3. The SMILES string of the molecule is CNC(c1cnccn1)c1ccc(Br)cc1Cl. The van der Waals surface area contributed by atoms with Gasteiger partial charge in [-0.05, 0) is 24.7 Å². The maximum Gasteiger partial charge on any atom is 0.0801 e. The Morgan fingerprint density at radius 2 is 2.18 bits per heavy atom. The molecule has 1 atom stereocenters. The molecule has 0 aliphatic carbocycles. The van der Waals surface area contributed by atoms with Gasteiger partial charge in [0.2, 0.25) is 0 Å². The van der Waals surface area contributed by atoms with Crippen LogP contribution in [0.4, 0.5) is 0 Å². The Kier molecular flexibility index (Phi) is 4.10. The van der Waals surface area contributed by atoms with E-state index in [1.807, 2.05) is 25.2 Å². The zero-order valence-electron chi connectivity index (χ0n) is 9.19. The largest absolute Gasteiger partial charge is 0.308 e. The summed E-state index contributed by atoms with van der Waals surface area (Å²) < 4.78 is 0.959. The molecule has 0 radical (unpaired) electrons. The fourth-order valence-electron chi connectivity index (χ4n) is 1.66. The first-order valence-electron chi connectivity index (χ1n) is 5.10. The van der Waals surface area contributed by atoms with Gasteiger partial charge in [0.1, 0.15) is 0 Å². The van der Waals surface area contributed by atoms with Crippen LogP contribution in [-0.4, -0.2) is 17.0 Å². The van der Waals surface area contributed by atoms with Crippen LogP contribution in [0.5, 0.6) is 0 Å². The van der Waals surface area contributed by atoms with Gasteiger partial charge in [0.05, 0.1) is 17.9 Å². The van der Waals surface area contributed by atoms with E-state index in [2.05, 4.69) is 31.2 Å². The number of nitrogens with one attached hydrogen (secondary N) is 1. The number of rotatable bonds is 3. The van der Waals surface area contributed by atoms with Gasteiger partial charge in [0.25, 0.3) is 0 Å². The van der Waals surface area contributed by atoms with Crippen molar-refractivity contribution in [2.75, 3.05) is 7.05 Å². The smallest absolute Gasteiger partial charge is 0.0801 e. The number of hydrogen-bond acceptors (Lipinski definition) is 3. The molecule has 1 aromatic heterocycles. The molecule has 2 aromatic rings. The van der Waals surface area contributed by atoms with Crippen molar-refractivity contribution in [3.8, 4) is 0 Å². The summed E-state index contributed by atoms with van der Waals surface area (Å²) in [5.41, 5.74) is 1.83. The van der Waals surface area contributed by atoms with Crippen LogP contribution in [0.15, 0.2) is 41.3 Å². The Morgan fingerprint density at radius 1 is 1.35 bits per heavy atom. The lowest BCUT2D eigenvalue weighted by Gasteiger charge is -2.17. The predicted molar refractivity (Wildman–Crippen MR) is 72.1 cm³/mol. The van der Waals surface area contributed by atoms with Gasteiger partial charge in [-0.2, -0.15) is 0 Å². The monoisotopic (exact) mass is 311 g/mol. The second-order valence-electron chi connectivity index (χ2n) is 3.52. The quantitative estimate of drug-likeness (QED) is 0.946. The highest BCUT2D eigenvalue weighted by Crippen LogP contribution is 2.29. The summed E-state index contributed by atoms with van der Waals surface area (Å²) in [5, 5.41) is 3.89. The highest BCUT2D eigenvalue weighted by molar-refractivity contribution is 9.10. The van der Waals surface area contributed by atoms with Crippen molar-refractivity contribution >= 4 is 27.5 Å². The Balaban J connectivity index is 2.42. The number of benzene rings is 1. The summed E-state index contributed by atoms with van der Waals surface area (Å²) in [5.74, 6) is 0. The second kappa shape index (κ2) is 5.58. The number of hydrogen-bond donors (Lipinski definition) is 1. The minimum absolute atomic E-state index is 0.0516. The summed E-state index contributed by atoms with van der Waals surface area (Å²) >= 11 is 9.63. The second-order valence-corrected chi connectivity index (χ2v) is 4.84. The van der Waals surface area contributed by atoms with Crippen molar-refractivity contribution in [3.63, 3.8) is 0 Å². The highest BCUT2D eigenvalue weighted by Gasteiger charge is 2.16. The van der Waals surface area contributed by atoms with E-state index < -0.39 is 0 Å². The first-order chi connectivity index (χ1) is 8.22. The molecular weight excluding hydrogens is 302 g/mol. The van der Waals surface area contributed by atoms with Gasteiger partial charge < -0.3 is 5.32 Å². The molecule has 1 aromatic carbocycles. The van der Waals surface area contributed by atoms with Gasteiger partial charge in [-0.3, -0.25) is 9.97 Å². The number of halogens is 2. The van der Waals surface area contributed by atoms with Crippen molar-refractivity contribution in [1.82, 2.24) is 15.3 Å². The summed E-state index contributed by atoms with van der Waals surface area (Å²) in [6.07, 6.45) is 5.06. The topological polar surface area (TPSA) is 37.8 Å². The summed E-state index contributed by atoms with van der Waals surface area (Å²) in [4.78, 5) is 8.37. The highest BCUT2D eigenvalue weighted by atomic mass is 79.9. The Labute approximate surface area is 113 Å². The molecule has 0 spiro atoms. The Morgan fingerprint density at radius 3 is 2.76 bits per heavy atom. The zero-order chi connectivity index (χ0) is 12.3. The van der Waals surface area contributed by atoms with Gasteiger partial charge in [-0.15, -0.1) is 0 Å². The summed E-state index contributed by atoms with van der Waals surface area (Å²) in [7, 11) is 1.87. The van der Waals surface area contributed by atoms with Gasteiger partial charge >= 0.3 is 0 Å². The average Bonchev–Trinajstić information content (AvgIpc) is 2.34. The third kappa shape index (κ3) is 2.83. The molecule has 17 heavy (non-hydrogen) atoms. The maximum absolute atomic E-state index is 6.23. The van der Waals surface area contributed by atoms with Crippen molar-refractivity contribution in [1.29, 1.82) is 0 Å². The molecule has 1 unspecified atom stereocenters. The molecule has 0 aliphatic heterocycles. The Hall–Kier alpha value is -0.970. The van der Waals surface area contributed by atoms with E-state index in [0.29, 0.717) is 5.02 Å². The molecule has 0 fully saturated rings. The predicted octanol–water partition coefficient (Wildman–Crippen LogP) is 3.20. The lowest BCUT2D eigenvalue weighted by atomic mass is 10.0. The normalized spacial score (nSPS) is 12.4. The van der Waals surface area contributed by atoms with E-state index in [1.165, 1.54) is 0 Å². The fourth-order valence-corrected chi connectivity index (χ4v) is 2.44. The third-order valence-corrected chi connectivity index (χ3v) is 3.26. The number of nitrogens with zero attached hydrogens (tertiary/aromatic N) is 2. The molecule has 0 saturated carbocycles. The van der Waals surface area contributed by atoms with E-state index in [1.54, 1.807) is 18.6 Å². The summed E-state index contributed by atoms with van der Waals surface area (Å²) in [6, 6.07) is 5.76. The van der Waals surface area contributed by atoms with E-state index in [9.17, 15) is 0 Å². The van der Waals surface area contributed by atoms with Gasteiger partial charge in [-0.25, -0.2) is 0 Å². The lowest BCUT2D eigenvalue weighted by molar-refractivity contribution is 0.667. The lowest BCUT2D eigenvalue weighted by Crippen LogP contribution is -2.19. The minimum atomic E-state index is -0.0516. The van der Waals surface area contributed by atoms with E-state index in [4.69, 9.17) is 11.6 Å². The minimum Gasteiger partial charge on any atom is -0.308 e. The van der Waals surface area contributed by atoms with Crippen LogP contribution in [-0.2, 0) is 0 Å². The molecule has 0 amide bonds. The van der Waals surface area contributed by atoms with Crippen LogP contribution in [0.25, 0.3) is 0 Å². The summed E-state index contributed by atoms with van der Waals surface area (Å²) in [6.45, 7) is 0. The molecule has 5 heteroatoms. The van der Waals surface area contributed by atoms with E-state index in [-0.39, 0.29) is 6.04 Å². The van der Waals surface area contributed by atoms with Crippen LogP contribution >= 0.6 is 27.5 Å². The average molecular weight is 313 g/mol. The van der Waals surface area contributed by atoms with E-state index >= 15 is 0 Å². The van der Waals surface area contributed by atoms with Crippen LogP contribution < -0.4 is 5.32 Å². The first kappa shape index (κ1) is 12.5. The zero-order valence-corrected chi connectivity index (χ0v) is 11.5. The van der Waals surface area contributed by atoms with Crippen LogP contribution in [0.3, 0.4) is 0 Å². The third-order valence-electron chi connectivity index (χ3n) is 2.44. The van der Waals surface area contributed by atoms with Crippen molar-refractivity contribution in [3.05, 3.63) is 57.5 Å². The van der Waals surface area contributed by atoms with Crippen LogP contribution in [0.2, 0.25) is 5.02 Å². The molecule has 1 heterocycles. The molecule has 1 N–H and O–H groups in total. The van der Waals surface area contributed by atoms with Gasteiger partial charge in [-0.1, -0.05) is 33.6 Å². The Bertz CT molecular complexity index is 504. The van der Waals surface area contributed by atoms with Crippen LogP contribution in [0.1, 0.15) is 17.3 Å². The molecule has 3 nitrogen and oxygen atoms in total. The van der Waals surface area contributed by atoms with Crippen molar-refractivity contribution in [2.24, 2.45) is 0 Å². The van der Waals surface area contributed by atoms with E-state index in [0.717, 1.165) is 15.7 Å². The molecule has 0 aliphatic rings. The first-order valence-corrected chi connectivity index (χ1v) is 6.27. The van der Waals surface area contributed by atoms with Crippen LogP contribution in [0, 0.1) is 0 Å². The van der Waals surface area contributed by atoms with Gasteiger partial charge in [0.15, 0.2) is 0 Å². The molecule has 0 saturated heterocycles. The standard InChI is InChI=1S/C12H11BrClN3/c1-15-12(11-7-16-4-5-17-11)9-3-2-8(13)6-10(9)14/h2-7,12,15H,1H3. The molecule has 88 valence electrons.